The average molecular weight is 387 g/mol. The second kappa shape index (κ2) is 7.92. The number of amides is 1. The number of hydrogen-bond acceptors (Lipinski definition) is 5. The summed E-state index contributed by atoms with van der Waals surface area (Å²) in [5.74, 6) is 0.189. The van der Waals surface area contributed by atoms with Gasteiger partial charge in [0.15, 0.2) is 0 Å². The maximum absolute atomic E-state index is 13.0. The van der Waals surface area contributed by atoms with Crippen molar-refractivity contribution in [1.29, 1.82) is 0 Å². The van der Waals surface area contributed by atoms with Crippen LogP contribution >= 0.6 is 0 Å². The van der Waals surface area contributed by atoms with Crippen LogP contribution in [0.1, 0.15) is 50.9 Å². The molecule has 0 bridgehead atoms. The standard InChI is InChI=1S/C20H25N3O5/c1-12-17(27-3)9-14(10-18(12)28-4)19(24)22-7-5-15(6-8-22)23-13(2)16(11-21-23)20(25)26/h9-11,15H,5-8H2,1-4H3,(H,25,26). The molecule has 0 aliphatic carbocycles. The fraction of sp³-hybridized carbons (Fsp3) is 0.450. The molecule has 1 aromatic heterocycles. The lowest BCUT2D eigenvalue weighted by molar-refractivity contribution is 0.0687. The molecule has 1 amide bonds. The Balaban J connectivity index is 1.73. The van der Waals surface area contributed by atoms with Crippen LogP contribution in [0.3, 0.4) is 0 Å². The van der Waals surface area contributed by atoms with Gasteiger partial charge in [0.1, 0.15) is 17.1 Å². The Morgan fingerprint density at radius 1 is 1.11 bits per heavy atom. The Morgan fingerprint density at radius 2 is 1.68 bits per heavy atom. The van der Waals surface area contributed by atoms with E-state index in [4.69, 9.17) is 9.47 Å². The molecule has 0 atom stereocenters. The molecule has 3 rings (SSSR count). The van der Waals surface area contributed by atoms with Gasteiger partial charge in [-0.05, 0) is 38.8 Å². The number of carbonyl (C=O) groups is 2. The summed E-state index contributed by atoms with van der Waals surface area (Å²) < 4.78 is 12.5. The van der Waals surface area contributed by atoms with Crippen molar-refractivity contribution in [2.45, 2.75) is 32.7 Å². The van der Waals surface area contributed by atoms with Gasteiger partial charge in [-0.2, -0.15) is 5.10 Å². The average Bonchev–Trinajstić information content (AvgIpc) is 3.09. The zero-order valence-electron chi connectivity index (χ0n) is 16.6. The molecule has 0 spiro atoms. The van der Waals surface area contributed by atoms with Gasteiger partial charge < -0.3 is 19.5 Å². The highest BCUT2D eigenvalue weighted by atomic mass is 16.5. The second-order valence-electron chi connectivity index (χ2n) is 6.92. The van der Waals surface area contributed by atoms with Crippen LogP contribution in [0.4, 0.5) is 0 Å². The minimum atomic E-state index is -0.973. The Labute approximate surface area is 163 Å². The molecule has 0 radical (unpaired) electrons. The van der Waals surface area contributed by atoms with Gasteiger partial charge in [0.2, 0.25) is 0 Å². The molecule has 1 aliphatic rings. The Morgan fingerprint density at radius 3 is 2.14 bits per heavy atom. The highest BCUT2D eigenvalue weighted by Crippen LogP contribution is 2.31. The smallest absolute Gasteiger partial charge is 0.339 e. The molecular formula is C20H25N3O5. The van der Waals surface area contributed by atoms with Crippen molar-refractivity contribution in [3.05, 3.63) is 40.7 Å². The van der Waals surface area contributed by atoms with Gasteiger partial charge in [0, 0.05) is 24.2 Å². The van der Waals surface area contributed by atoms with Crippen molar-refractivity contribution in [1.82, 2.24) is 14.7 Å². The number of hydrogen-bond donors (Lipinski definition) is 1. The Hall–Kier alpha value is -3.03. The third-order valence-electron chi connectivity index (χ3n) is 5.37. The lowest BCUT2D eigenvalue weighted by atomic mass is 10.0. The number of nitrogens with zero attached hydrogens (tertiary/aromatic N) is 3. The Kier molecular flexibility index (Phi) is 5.58. The van der Waals surface area contributed by atoms with Crippen molar-refractivity contribution < 1.29 is 24.2 Å². The minimum Gasteiger partial charge on any atom is -0.496 e. The van der Waals surface area contributed by atoms with Crippen LogP contribution in [0.5, 0.6) is 11.5 Å². The quantitative estimate of drug-likeness (QED) is 0.848. The SMILES string of the molecule is COc1cc(C(=O)N2CCC(n3ncc(C(=O)O)c3C)CC2)cc(OC)c1C. The third kappa shape index (κ3) is 3.54. The molecule has 1 saturated heterocycles. The number of carbonyl (C=O) groups excluding carboxylic acids is 1. The van der Waals surface area contributed by atoms with Gasteiger partial charge >= 0.3 is 5.97 Å². The summed E-state index contributed by atoms with van der Waals surface area (Å²) in [5, 5.41) is 13.4. The number of benzene rings is 1. The van der Waals surface area contributed by atoms with Gasteiger partial charge in [0.05, 0.1) is 32.2 Å². The zero-order chi connectivity index (χ0) is 20.4. The van der Waals surface area contributed by atoms with E-state index in [0.29, 0.717) is 48.7 Å². The second-order valence-corrected chi connectivity index (χ2v) is 6.92. The van der Waals surface area contributed by atoms with E-state index >= 15 is 0 Å². The van der Waals surface area contributed by atoms with E-state index in [1.165, 1.54) is 6.20 Å². The molecule has 1 fully saturated rings. The highest BCUT2D eigenvalue weighted by Gasteiger charge is 2.28. The molecule has 8 nitrogen and oxygen atoms in total. The van der Waals surface area contributed by atoms with Crippen LogP contribution in [-0.4, -0.2) is 59.0 Å². The summed E-state index contributed by atoms with van der Waals surface area (Å²) in [4.78, 5) is 26.0. The van der Waals surface area contributed by atoms with Crippen molar-refractivity contribution in [2.24, 2.45) is 0 Å². The van der Waals surface area contributed by atoms with E-state index in [1.807, 2.05) is 6.92 Å². The Bertz CT molecular complexity index is 872. The molecule has 28 heavy (non-hydrogen) atoms. The highest BCUT2D eigenvalue weighted by molar-refractivity contribution is 5.95. The third-order valence-corrected chi connectivity index (χ3v) is 5.37. The number of ether oxygens (including phenoxy) is 2. The fourth-order valence-electron chi connectivity index (χ4n) is 3.71. The summed E-state index contributed by atoms with van der Waals surface area (Å²) in [6.45, 7) is 4.79. The van der Waals surface area contributed by atoms with Crippen LogP contribution in [0.2, 0.25) is 0 Å². The lowest BCUT2D eigenvalue weighted by Crippen LogP contribution is -2.39. The number of aromatic carboxylic acids is 1. The number of rotatable bonds is 5. The summed E-state index contributed by atoms with van der Waals surface area (Å²) in [6.07, 6.45) is 2.82. The lowest BCUT2D eigenvalue weighted by Gasteiger charge is -2.33. The predicted molar refractivity (Wildman–Crippen MR) is 102 cm³/mol. The molecule has 1 aromatic carbocycles. The maximum atomic E-state index is 13.0. The van der Waals surface area contributed by atoms with Crippen LogP contribution in [-0.2, 0) is 0 Å². The summed E-state index contributed by atoms with van der Waals surface area (Å²) in [7, 11) is 3.14. The van der Waals surface area contributed by atoms with E-state index < -0.39 is 5.97 Å². The summed E-state index contributed by atoms with van der Waals surface area (Å²) >= 11 is 0. The van der Waals surface area contributed by atoms with Gasteiger partial charge in [-0.1, -0.05) is 0 Å². The van der Waals surface area contributed by atoms with Crippen molar-refractivity contribution >= 4 is 11.9 Å². The van der Waals surface area contributed by atoms with E-state index in [1.54, 1.807) is 42.9 Å². The summed E-state index contributed by atoms with van der Waals surface area (Å²) in [6, 6.07) is 3.56. The van der Waals surface area contributed by atoms with Gasteiger partial charge in [0.25, 0.3) is 5.91 Å². The van der Waals surface area contributed by atoms with Crippen LogP contribution in [0.25, 0.3) is 0 Å². The first-order chi connectivity index (χ1) is 13.4. The molecule has 8 heteroatoms. The van der Waals surface area contributed by atoms with Crippen molar-refractivity contribution in [3.63, 3.8) is 0 Å². The van der Waals surface area contributed by atoms with Crippen LogP contribution in [0.15, 0.2) is 18.3 Å². The van der Waals surface area contributed by atoms with E-state index in [-0.39, 0.29) is 17.5 Å². The first kappa shape index (κ1) is 19.7. The number of aromatic nitrogens is 2. The molecule has 2 heterocycles. The normalized spacial score (nSPS) is 14.8. The van der Waals surface area contributed by atoms with Gasteiger partial charge in [-0.3, -0.25) is 9.48 Å². The molecule has 0 saturated carbocycles. The van der Waals surface area contributed by atoms with Crippen molar-refractivity contribution in [2.75, 3.05) is 27.3 Å². The van der Waals surface area contributed by atoms with E-state index in [0.717, 1.165) is 5.56 Å². The molecular weight excluding hydrogens is 362 g/mol. The van der Waals surface area contributed by atoms with Gasteiger partial charge in [-0.15, -0.1) is 0 Å². The molecule has 1 N–H and O–H groups in total. The van der Waals surface area contributed by atoms with E-state index in [9.17, 15) is 14.7 Å². The first-order valence-electron chi connectivity index (χ1n) is 9.16. The number of piperidine rings is 1. The van der Waals surface area contributed by atoms with Crippen molar-refractivity contribution in [3.8, 4) is 11.5 Å². The van der Waals surface area contributed by atoms with Crippen LogP contribution < -0.4 is 9.47 Å². The molecule has 1 aliphatic heterocycles. The minimum absolute atomic E-state index is 0.0709. The molecule has 2 aromatic rings. The number of likely N-dealkylation sites (tertiary alicyclic amines) is 1. The fourth-order valence-corrected chi connectivity index (χ4v) is 3.71. The molecule has 0 unspecified atom stereocenters. The monoisotopic (exact) mass is 387 g/mol. The number of carboxylic acid groups (broad SMARTS) is 1. The van der Waals surface area contributed by atoms with E-state index in [2.05, 4.69) is 5.10 Å². The van der Waals surface area contributed by atoms with Gasteiger partial charge in [-0.25, -0.2) is 4.79 Å². The number of carboxylic acids is 1. The first-order valence-corrected chi connectivity index (χ1v) is 9.16. The predicted octanol–water partition coefficient (Wildman–Crippen LogP) is 2.69. The maximum Gasteiger partial charge on any atom is 0.339 e. The topological polar surface area (TPSA) is 93.9 Å². The van der Waals surface area contributed by atoms with Crippen LogP contribution in [0, 0.1) is 13.8 Å². The largest absolute Gasteiger partial charge is 0.496 e. The summed E-state index contributed by atoms with van der Waals surface area (Å²) in [5.41, 5.74) is 2.24. The molecule has 150 valence electrons. The zero-order valence-corrected chi connectivity index (χ0v) is 16.6. The number of methoxy groups -OCH3 is 2.